The molecule has 0 aliphatic heterocycles. The van der Waals surface area contributed by atoms with Gasteiger partial charge in [-0.05, 0) is 41.5 Å². The Bertz CT molecular complexity index is 1560. The number of sulfone groups is 1. The van der Waals surface area contributed by atoms with E-state index in [2.05, 4.69) is 10.3 Å². The Hall–Kier alpha value is -4.18. The zero-order valence-corrected chi connectivity index (χ0v) is 21.0. The standard InChI is InChI=1S/C28H23F3N2O4S/c1-38(35,36)18-20-13-21(15-22(14-20)28(29,30)31)27(34)33-25-16-32-12-11-23(25)24-9-5-6-10-26(24)37-17-19-7-3-2-4-8-19/h2-16H,17-18H2,1H3,(H,33,34). The predicted octanol–water partition coefficient (Wildman–Crippen LogP) is 6.14. The van der Waals surface area contributed by atoms with E-state index in [1.807, 2.05) is 30.3 Å². The van der Waals surface area contributed by atoms with Gasteiger partial charge in [-0.1, -0.05) is 48.5 Å². The van der Waals surface area contributed by atoms with Crippen LogP contribution in [0.2, 0.25) is 0 Å². The minimum absolute atomic E-state index is 0.140. The Labute approximate surface area is 218 Å². The molecule has 0 atom stereocenters. The monoisotopic (exact) mass is 540 g/mol. The topological polar surface area (TPSA) is 85.4 Å². The number of aromatic nitrogens is 1. The van der Waals surface area contributed by atoms with Crippen LogP contribution in [0.25, 0.3) is 11.1 Å². The zero-order valence-electron chi connectivity index (χ0n) is 20.2. The van der Waals surface area contributed by atoms with Crippen LogP contribution in [0.1, 0.15) is 27.0 Å². The molecule has 3 aromatic carbocycles. The second-order valence-corrected chi connectivity index (χ2v) is 10.8. The second kappa shape index (κ2) is 11.1. The molecule has 0 aliphatic carbocycles. The summed E-state index contributed by atoms with van der Waals surface area (Å²) in [6.45, 7) is 0.304. The molecule has 0 bridgehead atoms. The molecule has 0 radical (unpaired) electrons. The van der Waals surface area contributed by atoms with E-state index in [0.29, 0.717) is 29.5 Å². The molecule has 0 fully saturated rings. The van der Waals surface area contributed by atoms with E-state index >= 15 is 0 Å². The Morgan fingerprint density at radius 2 is 1.63 bits per heavy atom. The molecule has 0 saturated carbocycles. The van der Waals surface area contributed by atoms with E-state index in [-0.39, 0.29) is 16.8 Å². The van der Waals surface area contributed by atoms with E-state index < -0.39 is 33.2 Å². The number of nitrogens with zero attached hydrogens (tertiary/aromatic N) is 1. The van der Waals surface area contributed by atoms with Gasteiger partial charge in [-0.3, -0.25) is 9.78 Å². The average molecular weight is 541 g/mol. The number of carbonyl (C=O) groups is 1. The molecule has 10 heteroatoms. The van der Waals surface area contributed by atoms with Crippen LogP contribution in [0.4, 0.5) is 18.9 Å². The van der Waals surface area contributed by atoms with E-state index in [9.17, 15) is 26.4 Å². The maximum atomic E-state index is 13.5. The van der Waals surface area contributed by atoms with Crippen molar-refractivity contribution >= 4 is 21.4 Å². The number of ether oxygens (including phenoxy) is 1. The number of halogens is 3. The molecule has 1 heterocycles. The summed E-state index contributed by atoms with van der Waals surface area (Å²) in [6.07, 6.45) is -0.955. The van der Waals surface area contributed by atoms with Gasteiger partial charge in [0.25, 0.3) is 5.91 Å². The molecule has 0 saturated heterocycles. The summed E-state index contributed by atoms with van der Waals surface area (Å²) in [6, 6.07) is 20.9. The van der Waals surface area contributed by atoms with Crippen LogP contribution in [-0.2, 0) is 28.4 Å². The van der Waals surface area contributed by atoms with Crippen LogP contribution >= 0.6 is 0 Å². The fourth-order valence-corrected chi connectivity index (χ4v) is 4.62. The molecule has 1 N–H and O–H groups in total. The number of benzene rings is 3. The SMILES string of the molecule is CS(=O)(=O)Cc1cc(C(=O)Nc2cnccc2-c2ccccc2OCc2ccccc2)cc(C(F)(F)F)c1. The van der Waals surface area contributed by atoms with Crippen LogP contribution in [0.3, 0.4) is 0 Å². The Morgan fingerprint density at radius 3 is 2.34 bits per heavy atom. The van der Waals surface area contributed by atoms with Crippen LogP contribution < -0.4 is 10.1 Å². The van der Waals surface area contributed by atoms with Crippen LogP contribution in [0, 0.1) is 0 Å². The summed E-state index contributed by atoms with van der Waals surface area (Å²) in [4.78, 5) is 17.2. The van der Waals surface area contributed by atoms with Gasteiger partial charge in [0.15, 0.2) is 9.84 Å². The summed E-state index contributed by atoms with van der Waals surface area (Å²) >= 11 is 0. The second-order valence-electron chi connectivity index (χ2n) is 8.63. The summed E-state index contributed by atoms with van der Waals surface area (Å²) in [5.41, 5.74) is 0.800. The largest absolute Gasteiger partial charge is 0.488 e. The molecule has 38 heavy (non-hydrogen) atoms. The van der Waals surface area contributed by atoms with Crippen molar-refractivity contribution in [3.8, 4) is 16.9 Å². The molecule has 0 aliphatic rings. The molecule has 196 valence electrons. The van der Waals surface area contributed by atoms with Crippen molar-refractivity contribution in [1.29, 1.82) is 0 Å². The molecule has 0 spiro atoms. The van der Waals surface area contributed by atoms with Gasteiger partial charge in [0, 0.05) is 29.1 Å². The fraction of sp³-hybridized carbons (Fsp3) is 0.143. The van der Waals surface area contributed by atoms with E-state index in [1.165, 1.54) is 12.4 Å². The number of amides is 1. The van der Waals surface area contributed by atoms with Gasteiger partial charge in [-0.2, -0.15) is 13.2 Å². The number of rotatable bonds is 8. The number of alkyl halides is 3. The number of hydrogen-bond acceptors (Lipinski definition) is 5. The third-order valence-electron chi connectivity index (χ3n) is 5.49. The van der Waals surface area contributed by atoms with Crippen LogP contribution in [-0.4, -0.2) is 25.6 Å². The molecular formula is C28H23F3N2O4S. The number of nitrogens with one attached hydrogen (secondary N) is 1. The van der Waals surface area contributed by atoms with Crippen molar-refractivity contribution in [2.45, 2.75) is 18.5 Å². The number of hydrogen-bond donors (Lipinski definition) is 1. The average Bonchev–Trinajstić information content (AvgIpc) is 2.87. The van der Waals surface area contributed by atoms with Crippen molar-refractivity contribution in [3.05, 3.63) is 114 Å². The van der Waals surface area contributed by atoms with Crippen molar-refractivity contribution in [2.24, 2.45) is 0 Å². The maximum absolute atomic E-state index is 13.5. The Kier molecular flexibility index (Phi) is 7.82. The summed E-state index contributed by atoms with van der Waals surface area (Å²) in [5.74, 6) is -0.947. The zero-order chi connectivity index (χ0) is 27.3. The summed E-state index contributed by atoms with van der Waals surface area (Å²) in [5, 5.41) is 2.62. The smallest absolute Gasteiger partial charge is 0.416 e. The third-order valence-corrected chi connectivity index (χ3v) is 6.35. The van der Waals surface area contributed by atoms with Crippen molar-refractivity contribution in [2.75, 3.05) is 11.6 Å². The molecule has 4 aromatic rings. The summed E-state index contributed by atoms with van der Waals surface area (Å²) < 4.78 is 69.9. The highest BCUT2D eigenvalue weighted by atomic mass is 32.2. The third kappa shape index (κ3) is 6.98. The Morgan fingerprint density at radius 1 is 0.921 bits per heavy atom. The van der Waals surface area contributed by atoms with Gasteiger partial charge < -0.3 is 10.1 Å². The number of pyridine rings is 1. The van der Waals surface area contributed by atoms with E-state index in [0.717, 1.165) is 24.0 Å². The quantitative estimate of drug-likeness (QED) is 0.290. The number of carbonyl (C=O) groups excluding carboxylic acids is 1. The van der Waals surface area contributed by atoms with E-state index in [4.69, 9.17) is 4.74 Å². The first-order valence-corrected chi connectivity index (χ1v) is 13.5. The molecule has 6 nitrogen and oxygen atoms in total. The van der Waals surface area contributed by atoms with E-state index in [1.54, 1.807) is 30.3 Å². The first kappa shape index (κ1) is 26.9. The minimum atomic E-state index is -4.77. The first-order chi connectivity index (χ1) is 18.0. The highest BCUT2D eigenvalue weighted by Crippen LogP contribution is 2.36. The lowest BCUT2D eigenvalue weighted by Gasteiger charge is -2.16. The predicted molar refractivity (Wildman–Crippen MR) is 138 cm³/mol. The number of para-hydroxylation sites is 1. The van der Waals surface area contributed by atoms with Gasteiger partial charge in [0.2, 0.25) is 0 Å². The van der Waals surface area contributed by atoms with Crippen molar-refractivity contribution < 1.29 is 31.1 Å². The maximum Gasteiger partial charge on any atom is 0.416 e. The molecule has 1 aromatic heterocycles. The van der Waals surface area contributed by atoms with Gasteiger partial charge in [0.1, 0.15) is 12.4 Å². The first-order valence-electron chi connectivity index (χ1n) is 11.4. The molecular weight excluding hydrogens is 517 g/mol. The van der Waals surface area contributed by atoms with Crippen molar-refractivity contribution in [3.63, 3.8) is 0 Å². The number of anilines is 1. The lowest BCUT2D eigenvalue weighted by Crippen LogP contribution is -2.16. The fourth-order valence-electron chi connectivity index (χ4n) is 3.85. The molecule has 1 amide bonds. The van der Waals surface area contributed by atoms with Gasteiger partial charge in [0.05, 0.1) is 23.2 Å². The normalized spacial score (nSPS) is 11.7. The van der Waals surface area contributed by atoms with Crippen molar-refractivity contribution in [1.82, 2.24) is 4.98 Å². The highest BCUT2D eigenvalue weighted by Gasteiger charge is 2.32. The van der Waals surface area contributed by atoms with Gasteiger partial charge in [-0.25, -0.2) is 8.42 Å². The van der Waals surface area contributed by atoms with Crippen LogP contribution in [0.5, 0.6) is 5.75 Å². The van der Waals surface area contributed by atoms with Crippen LogP contribution in [0.15, 0.2) is 91.3 Å². The highest BCUT2D eigenvalue weighted by molar-refractivity contribution is 7.89. The van der Waals surface area contributed by atoms with Gasteiger partial charge in [-0.15, -0.1) is 0 Å². The summed E-state index contributed by atoms with van der Waals surface area (Å²) in [7, 11) is -3.64. The molecule has 0 unspecified atom stereocenters. The van der Waals surface area contributed by atoms with Gasteiger partial charge >= 0.3 is 6.18 Å². The lowest BCUT2D eigenvalue weighted by molar-refractivity contribution is -0.137. The Balaban J connectivity index is 1.66. The minimum Gasteiger partial charge on any atom is -0.488 e. The lowest BCUT2D eigenvalue weighted by atomic mass is 10.0. The molecule has 4 rings (SSSR count).